The first kappa shape index (κ1) is 19.2. The minimum atomic E-state index is -0.625. The summed E-state index contributed by atoms with van der Waals surface area (Å²) in [6.45, 7) is 1.81. The van der Waals surface area contributed by atoms with E-state index < -0.39 is 11.9 Å². The summed E-state index contributed by atoms with van der Waals surface area (Å²) in [4.78, 5) is 25.6. The van der Waals surface area contributed by atoms with Crippen molar-refractivity contribution in [3.63, 3.8) is 0 Å². The van der Waals surface area contributed by atoms with Gasteiger partial charge in [-0.3, -0.25) is 0 Å². The van der Waals surface area contributed by atoms with Crippen LogP contribution < -0.4 is 4.90 Å². The van der Waals surface area contributed by atoms with E-state index in [-0.39, 0.29) is 38.4 Å². The average Bonchev–Trinajstić information content (AvgIpc) is 2.64. The van der Waals surface area contributed by atoms with Crippen LogP contribution in [0.5, 0.6) is 0 Å². The van der Waals surface area contributed by atoms with Crippen molar-refractivity contribution in [2.45, 2.75) is 0 Å². The first-order valence-corrected chi connectivity index (χ1v) is 7.36. The first-order chi connectivity index (χ1) is 11.7. The molecule has 25 heavy (non-hydrogen) atoms. The van der Waals surface area contributed by atoms with Crippen molar-refractivity contribution in [2.75, 3.05) is 19.1 Å². The second kappa shape index (κ2) is 8.32. The minimum Gasteiger partial charge on any atom is -0.466 e. The summed E-state index contributed by atoms with van der Waals surface area (Å²) in [5, 5.41) is 0. The molecule has 3 rings (SSSR count). The van der Waals surface area contributed by atoms with Crippen LogP contribution >= 0.6 is 0 Å². The van der Waals surface area contributed by atoms with Crippen LogP contribution in [-0.2, 0) is 51.8 Å². The van der Waals surface area contributed by atoms with E-state index in [2.05, 4.69) is 4.74 Å². The van der Waals surface area contributed by atoms with Crippen LogP contribution in [0.1, 0.15) is 5.56 Å². The van der Waals surface area contributed by atoms with E-state index in [9.17, 15) is 9.59 Å². The van der Waals surface area contributed by atoms with Gasteiger partial charge in [-0.1, -0.05) is 36.4 Å². The summed E-state index contributed by atoms with van der Waals surface area (Å²) in [5.41, 5.74) is 3.85. The fourth-order valence-corrected chi connectivity index (χ4v) is 2.68. The SMILES string of the molecule is COC(=O)/C=C(\C(=O)OC)N1[CH-]c2ccccc2-c2ccccc21.[Y]. The quantitative estimate of drug-likeness (QED) is 0.442. The van der Waals surface area contributed by atoms with Gasteiger partial charge in [0.15, 0.2) is 0 Å². The van der Waals surface area contributed by atoms with Gasteiger partial charge in [0.2, 0.25) is 0 Å². The van der Waals surface area contributed by atoms with Crippen molar-refractivity contribution < 1.29 is 51.8 Å². The van der Waals surface area contributed by atoms with Crippen LogP contribution in [-0.4, -0.2) is 26.2 Å². The summed E-state index contributed by atoms with van der Waals surface area (Å²) in [6, 6.07) is 15.5. The molecule has 1 aliphatic heterocycles. The maximum absolute atomic E-state index is 12.2. The predicted octanol–water partition coefficient (Wildman–Crippen LogP) is 2.91. The standard InChI is InChI=1S/C19H16NO4.Y/c1-23-18(21)11-17(19(22)24-2)20-12-13-7-3-4-8-14(13)15-9-5-6-10-16(15)20;/h3-12H,1-2H3;/q-1;/b17-11+;. The second-order valence-electron chi connectivity index (χ2n) is 5.15. The number of benzene rings is 2. The number of anilines is 1. The Morgan fingerprint density at radius 1 is 0.960 bits per heavy atom. The van der Waals surface area contributed by atoms with Crippen molar-refractivity contribution in [1.29, 1.82) is 0 Å². The van der Waals surface area contributed by atoms with Gasteiger partial charge in [0, 0.05) is 38.4 Å². The van der Waals surface area contributed by atoms with Crippen molar-refractivity contribution in [2.24, 2.45) is 0 Å². The van der Waals surface area contributed by atoms with Crippen molar-refractivity contribution >= 4 is 17.6 Å². The third-order valence-electron chi connectivity index (χ3n) is 3.79. The van der Waals surface area contributed by atoms with Gasteiger partial charge in [0.25, 0.3) is 0 Å². The molecule has 0 fully saturated rings. The fourth-order valence-electron chi connectivity index (χ4n) is 2.68. The third kappa shape index (κ3) is 3.78. The number of methoxy groups -OCH3 is 2. The predicted molar refractivity (Wildman–Crippen MR) is 89.9 cm³/mol. The number of esters is 2. The molecule has 0 unspecified atom stereocenters. The smallest absolute Gasteiger partial charge is 0.354 e. The Kier molecular flexibility index (Phi) is 6.40. The molecule has 0 spiro atoms. The molecule has 1 aliphatic rings. The molecule has 0 N–H and O–H groups in total. The number of hydrogen-bond donors (Lipinski definition) is 0. The van der Waals surface area contributed by atoms with E-state index >= 15 is 0 Å². The van der Waals surface area contributed by atoms with Crippen molar-refractivity contribution in [1.82, 2.24) is 0 Å². The molecule has 0 saturated heterocycles. The average molecular weight is 411 g/mol. The van der Waals surface area contributed by atoms with E-state index in [1.165, 1.54) is 14.2 Å². The number of ether oxygens (including phenoxy) is 2. The number of carbonyl (C=O) groups is 2. The molecule has 0 saturated carbocycles. The van der Waals surface area contributed by atoms with Crippen LogP contribution in [0, 0.1) is 6.54 Å². The second-order valence-corrected chi connectivity index (χ2v) is 5.15. The molecule has 1 radical (unpaired) electrons. The monoisotopic (exact) mass is 411 g/mol. The maximum atomic E-state index is 12.2. The molecule has 0 bridgehead atoms. The molecule has 1 heterocycles. The van der Waals surface area contributed by atoms with E-state index in [1.54, 1.807) is 4.90 Å². The number of para-hydroxylation sites is 1. The zero-order valence-corrected chi connectivity index (χ0v) is 16.8. The maximum Gasteiger partial charge on any atom is 0.354 e. The van der Waals surface area contributed by atoms with Gasteiger partial charge in [-0.15, -0.1) is 17.7 Å². The molecule has 0 aliphatic carbocycles. The Morgan fingerprint density at radius 3 is 2.28 bits per heavy atom. The Hall–Kier alpha value is -2.11. The van der Waals surface area contributed by atoms with Crippen molar-refractivity contribution in [3.05, 3.63) is 72.4 Å². The summed E-state index contributed by atoms with van der Waals surface area (Å²) in [5.74, 6) is -1.24. The number of nitrogens with zero attached hydrogens (tertiary/aromatic N) is 1. The molecular weight excluding hydrogens is 395 g/mol. The molecular formula is C19H16NO4Y-. The van der Waals surface area contributed by atoms with E-state index in [1.807, 2.05) is 55.1 Å². The Balaban J connectivity index is 0.00000225. The number of rotatable bonds is 3. The van der Waals surface area contributed by atoms with E-state index in [0.717, 1.165) is 28.5 Å². The van der Waals surface area contributed by atoms with Crippen LogP contribution in [0.4, 0.5) is 5.69 Å². The third-order valence-corrected chi connectivity index (χ3v) is 3.79. The summed E-state index contributed by atoms with van der Waals surface area (Å²) in [6.07, 6.45) is 1.13. The van der Waals surface area contributed by atoms with Gasteiger partial charge in [0.05, 0.1) is 20.3 Å². The number of hydrogen-bond acceptors (Lipinski definition) is 5. The summed E-state index contributed by atoms with van der Waals surface area (Å²) < 4.78 is 9.50. The first-order valence-electron chi connectivity index (χ1n) is 7.36. The Morgan fingerprint density at radius 2 is 1.60 bits per heavy atom. The normalized spacial score (nSPS) is 12.1. The Bertz CT molecular complexity index is 832. The van der Waals surface area contributed by atoms with Gasteiger partial charge < -0.3 is 14.4 Å². The molecule has 2 aromatic rings. The molecule has 0 atom stereocenters. The summed E-state index contributed by atoms with van der Waals surface area (Å²) >= 11 is 0. The fraction of sp³-hybridized carbons (Fsp3) is 0.105. The van der Waals surface area contributed by atoms with Gasteiger partial charge in [-0.2, -0.15) is 11.6 Å². The van der Waals surface area contributed by atoms with Gasteiger partial charge in [-0.05, 0) is 6.07 Å². The van der Waals surface area contributed by atoms with E-state index in [0.29, 0.717) is 0 Å². The number of carbonyl (C=O) groups excluding carboxylic acids is 2. The zero-order chi connectivity index (χ0) is 17.1. The van der Waals surface area contributed by atoms with Gasteiger partial charge in [-0.25, -0.2) is 9.59 Å². The minimum absolute atomic E-state index is 0. The molecule has 0 amide bonds. The van der Waals surface area contributed by atoms with E-state index in [4.69, 9.17) is 4.74 Å². The van der Waals surface area contributed by atoms with Crippen LogP contribution in [0.15, 0.2) is 60.3 Å². The topological polar surface area (TPSA) is 55.8 Å². The molecule has 5 nitrogen and oxygen atoms in total. The van der Waals surface area contributed by atoms with Crippen molar-refractivity contribution in [3.8, 4) is 11.1 Å². The van der Waals surface area contributed by atoms with Crippen LogP contribution in [0.3, 0.4) is 0 Å². The van der Waals surface area contributed by atoms with Gasteiger partial charge >= 0.3 is 11.9 Å². The molecule has 6 heteroatoms. The Labute approximate surface area is 171 Å². The largest absolute Gasteiger partial charge is 0.466 e. The van der Waals surface area contributed by atoms with Gasteiger partial charge in [0.1, 0.15) is 5.70 Å². The van der Waals surface area contributed by atoms with Crippen LogP contribution in [0.2, 0.25) is 0 Å². The zero-order valence-electron chi connectivity index (χ0n) is 13.9. The molecule has 0 aromatic heterocycles. The molecule has 125 valence electrons. The van der Waals surface area contributed by atoms with Crippen LogP contribution in [0.25, 0.3) is 11.1 Å². The molecule has 2 aromatic carbocycles. The number of fused-ring (bicyclic) bond motifs is 3. The summed E-state index contributed by atoms with van der Waals surface area (Å²) in [7, 11) is 2.54.